The van der Waals surface area contributed by atoms with Gasteiger partial charge in [0.15, 0.2) is 5.69 Å². The molecule has 2 aromatic carbocycles. The zero-order valence-corrected chi connectivity index (χ0v) is 26.2. The lowest BCUT2D eigenvalue weighted by Gasteiger charge is -2.19. The lowest BCUT2D eigenvalue weighted by molar-refractivity contribution is -0.715. The quantitative estimate of drug-likeness (QED) is 0.0712. The van der Waals surface area contributed by atoms with Crippen molar-refractivity contribution in [3.8, 4) is 16.9 Å². The molecule has 19 heteroatoms. The van der Waals surface area contributed by atoms with E-state index >= 15 is 0 Å². The molecule has 1 N–H and O–H groups in total. The maximum Gasteiger partial charge on any atom is 0.511 e. The van der Waals surface area contributed by atoms with Crippen LogP contribution in [0, 0.1) is 12.1 Å². The Labute approximate surface area is 267 Å². The Morgan fingerprint density at radius 1 is 1.13 bits per heavy atom. The van der Waals surface area contributed by atoms with Gasteiger partial charge in [-0.25, -0.2) is 27.4 Å². The van der Waals surface area contributed by atoms with Crippen LogP contribution in [0.3, 0.4) is 0 Å². The first-order valence-electron chi connectivity index (χ1n) is 14.1. The summed E-state index contributed by atoms with van der Waals surface area (Å²) in [6.45, 7) is 4.20. The fraction of sp³-hybridized carbons (Fsp3) is 0.393. The molecule has 1 fully saturated rings. The number of halogens is 3. The van der Waals surface area contributed by atoms with Crippen LogP contribution in [0.25, 0.3) is 16.9 Å². The van der Waals surface area contributed by atoms with Gasteiger partial charge >= 0.3 is 18.4 Å². The number of nitrogens with one attached hydrogen (secondary N) is 1. The number of benzene rings is 2. The second kappa shape index (κ2) is 14.6. The lowest BCUT2D eigenvalue weighted by Crippen LogP contribution is -2.40. The molecule has 1 saturated heterocycles. The Morgan fingerprint density at radius 3 is 2.45 bits per heavy atom. The van der Waals surface area contributed by atoms with Crippen LogP contribution >= 0.6 is 0 Å². The van der Waals surface area contributed by atoms with E-state index in [2.05, 4.69) is 20.0 Å². The van der Waals surface area contributed by atoms with Crippen LogP contribution in [-0.2, 0) is 35.2 Å². The lowest BCUT2D eigenvalue weighted by atomic mass is 10.1. The molecule has 2 heterocycles. The summed E-state index contributed by atoms with van der Waals surface area (Å²) in [6, 6.07) is 11.7. The number of hydrogen-bond donors (Lipinski definition) is 1. The summed E-state index contributed by atoms with van der Waals surface area (Å²) in [5.74, 6) is 0. The van der Waals surface area contributed by atoms with Crippen molar-refractivity contribution in [2.45, 2.75) is 56.8 Å². The number of aromatic nitrogens is 2. The fourth-order valence-corrected chi connectivity index (χ4v) is 5.31. The van der Waals surface area contributed by atoms with E-state index in [1.54, 1.807) is 42.8 Å². The number of amides is 1. The highest BCUT2D eigenvalue weighted by atomic mass is 32.2. The Balaban J connectivity index is 1.37. The summed E-state index contributed by atoms with van der Waals surface area (Å²) in [5.41, 5.74) is 0.497. The maximum atomic E-state index is 13.5. The van der Waals surface area contributed by atoms with Crippen LogP contribution in [-0.4, -0.2) is 72.5 Å². The number of hydrogen-bond acceptors (Lipinski definition) is 11. The molecule has 1 aliphatic rings. The van der Waals surface area contributed by atoms with Gasteiger partial charge in [0.05, 0.1) is 33.9 Å². The van der Waals surface area contributed by atoms with Crippen molar-refractivity contribution in [1.29, 1.82) is 0 Å². The zero-order valence-electron chi connectivity index (χ0n) is 25.3. The SMILES string of the molecule is Cc1ccc(-c2cc(C(F)(F)F)nn2-c2ccc(S(=O)(=O)NC(=O)OC[C@@H]3CCCN3[N+]([O-])=NOCOC(=O)OC(C)C)cc2)cc1. The Bertz CT molecular complexity index is 1700. The number of alkyl halides is 3. The monoisotopic (exact) mass is 684 g/mol. The van der Waals surface area contributed by atoms with Crippen molar-refractivity contribution >= 4 is 22.3 Å². The first-order valence-corrected chi connectivity index (χ1v) is 15.6. The van der Waals surface area contributed by atoms with Crippen LogP contribution in [0.2, 0.25) is 0 Å². The molecule has 0 aliphatic carbocycles. The van der Waals surface area contributed by atoms with E-state index in [1.807, 2.05) is 6.92 Å². The van der Waals surface area contributed by atoms with Gasteiger partial charge in [-0.3, -0.25) is 0 Å². The highest BCUT2D eigenvalue weighted by Crippen LogP contribution is 2.33. The van der Waals surface area contributed by atoms with Crippen LogP contribution in [0.4, 0.5) is 22.8 Å². The summed E-state index contributed by atoms with van der Waals surface area (Å²) in [6.07, 6.45) is -6.55. The second-order valence-electron chi connectivity index (χ2n) is 10.5. The van der Waals surface area contributed by atoms with Crippen LogP contribution in [0.5, 0.6) is 0 Å². The smallest absolute Gasteiger partial charge is 0.511 e. The molecule has 254 valence electrons. The van der Waals surface area contributed by atoms with Crippen LogP contribution in [0.1, 0.15) is 37.9 Å². The van der Waals surface area contributed by atoms with E-state index in [0.717, 1.165) is 33.5 Å². The average Bonchev–Trinajstić information content (AvgIpc) is 3.66. The van der Waals surface area contributed by atoms with Gasteiger partial charge in [-0.15, -0.1) is 5.01 Å². The topological polar surface area (TPSA) is 177 Å². The summed E-state index contributed by atoms with van der Waals surface area (Å²) in [4.78, 5) is 28.1. The molecule has 1 amide bonds. The van der Waals surface area contributed by atoms with Crippen molar-refractivity contribution in [3.63, 3.8) is 0 Å². The average molecular weight is 685 g/mol. The minimum Gasteiger partial charge on any atom is -0.569 e. The van der Waals surface area contributed by atoms with Gasteiger partial charge in [-0.2, -0.15) is 18.3 Å². The second-order valence-corrected chi connectivity index (χ2v) is 12.2. The molecule has 3 aromatic rings. The Hall–Kier alpha value is -5.07. The van der Waals surface area contributed by atoms with E-state index in [1.165, 1.54) is 12.1 Å². The van der Waals surface area contributed by atoms with Crippen molar-refractivity contribution in [2.75, 3.05) is 19.9 Å². The largest absolute Gasteiger partial charge is 0.569 e. The molecular weight excluding hydrogens is 653 g/mol. The number of hydrazine groups is 1. The molecule has 47 heavy (non-hydrogen) atoms. The van der Waals surface area contributed by atoms with Crippen molar-refractivity contribution in [1.82, 2.24) is 19.5 Å². The van der Waals surface area contributed by atoms with Gasteiger partial charge in [0.25, 0.3) is 16.8 Å². The van der Waals surface area contributed by atoms with E-state index in [9.17, 15) is 36.4 Å². The number of sulfonamides is 1. The molecule has 1 atom stereocenters. The van der Waals surface area contributed by atoms with Gasteiger partial charge in [-0.1, -0.05) is 29.8 Å². The molecule has 4 rings (SSSR count). The minimum atomic E-state index is -4.72. The predicted octanol–water partition coefficient (Wildman–Crippen LogP) is 5.07. The Kier molecular flexibility index (Phi) is 10.8. The molecule has 0 saturated carbocycles. The first kappa shape index (κ1) is 34.8. The van der Waals surface area contributed by atoms with Crippen LogP contribution in [0.15, 0.2) is 64.8 Å². The Morgan fingerprint density at radius 2 is 1.81 bits per heavy atom. The zero-order chi connectivity index (χ0) is 34.4. The van der Waals surface area contributed by atoms with Gasteiger partial charge in [-0.05, 0) is 63.9 Å². The third-order valence-electron chi connectivity index (χ3n) is 6.62. The third kappa shape index (κ3) is 9.24. The molecule has 1 aromatic heterocycles. The number of aryl methyl sites for hydroxylation is 1. The maximum absolute atomic E-state index is 13.5. The highest BCUT2D eigenvalue weighted by molar-refractivity contribution is 7.90. The van der Waals surface area contributed by atoms with Gasteiger partial charge in [0.2, 0.25) is 5.28 Å². The molecule has 1 aliphatic heterocycles. The van der Waals surface area contributed by atoms with E-state index in [-0.39, 0.29) is 34.4 Å². The molecule has 0 bridgehead atoms. The van der Waals surface area contributed by atoms with E-state index in [0.29, 0.717) is 18.4 Å². The van der Waals surface area contributed by atoms with Gasteiger partial charge in [0, 0.05) is 5.56 Å². The van der Waals surface area contributed by atoms with Crippen LogP contribution < -0.4 is 4.72 Å². The van der Waals surface area contributed by atoms with E-state index in [4.69, 9.17) is 9.47 Å². The molecular formula is C28H31F3N6O9S. The summed E-state index contributed by atoms with van der Waals surface area (Å²) < 4.78 is 83.3. The number of rotatable bonds is 11. The van der Waals surface area contributed by atoms with Crippen molar-refractivity contribution < 1.29 is 55.2 Å². The fourth-order valence-electron chi connectivity index (χ4n) is 4.42. The third-order valence-corrected chi connectivity index (χ3v) is 7.95. The number of ether oxygens (including phenoxy) is 3. The highest BCUT2D eigenvalue weighted by Gasteiger charge is 2.36. The minimum absolute atomic E-state index is 0.0931. The molecule has 0 radical (unpaired) electrons. The summed E-state index contributed by atoms with van der Waals surface area (Å²) in [5, 5.41) is 20.4. The summed E-state index contributed by atoms with van der Waals surface area (Å²) >= 11 is 0. The number of carbonyl (C=O) groups is 2. The first-order chi connectivity index (χ1) is 22.1. The van der Waals surface area contributed by atoms with Gasteiger partial charge < -0.3 is 24.3 Å². The standard InChI is InChI=1S/C28H31F3N6O9S/c1-18(2)46-27(39)44-17-45-34-37(40)35-14-4-5-22(35)16-43-26(38)33-47(41,42)23-12-10-21(11-13-23)36-24(15-25(32-36)28(29,30)31)20-8-6-19(3)7-9-20/h6-13,15,18,22H,4-5,14,16-17H2,1-3H3,(H,33,38)/t22-/m0/s1. The summed E-state index contributed by atoms with van der Waals surface area (Å²) in [7, 11) is -4.46. The molecule has 15 nitrogen and oxygen atoms in total. The number of nitrogens with zero attached hydrogens (tertiary/aromatic N) is 5. The van der Waals surface area contributed by atoms with Crippen molar-refractivity contribution in [2.24, 2.45) is 5.28 Å². The normalized spacial score (nSPS) is 15.4. The van der Waals surface area contributed by atoms with Crippen molar-refractivity contribution in [3.05, 3.63) is 71.1 Å². The van der Waals surface area contributed by atoms with Gasteiger partial charge in [0.1, 0.15) is 12.6 Å². The number of carbonyl (C=O) groups excluding carboxylic acids is 2. The van der Waals surface area contributed by atoms with E-state index < -0.39 is 53.1 Å². The molecule has 0 unspecified atom stereocenters. The predicted molar refractivity (Wildman–Crippen MR) is 155 cm³/mol. The molecule has 0 spiro atoms.